The number of thioether (sulfide) groups is 1. The van der Waals surface area contributed by atoms with Gasteiger partial charge in [0.25, 0.3) is 11.5 Å². The maximum absolute atomic E-state index is 13.7. The van der Waals surface area contributed by atoms with Crippen LogP contribution in [0, 0.1) is 0 Å². The third kappa shape index (κ3) is 5.10. The Bertz CT molecular complexity index is 1400. The molecule has 1 saturated carbocycles. The highest BCUT2D eigenvalue weighted by Crippen LogP contribution is 2.26. The van der Waals surface area contributed by atoms with Crippen LogP contribution in [-0.4, -0.2) is 28.6 Å². The number of nitrogens with one attached hydrogen (secondary N) is 1. The zero-order chi connectivity index (χ0) is 24.2. The van der Waals surface area contributed by atoms with E-state index in [1.807, 2.05) is 42.5 Å². The molecule has 1 heterocycles. The standard InChI is InChI=1S/C28H27N3O3S/c1-34-23-14-12-22(13-15-23)31-27(33)24-16-11-20(26(32)29-21-9-5-6-10-21)17-25(24)30-28(31)35-18-19-7-3-2-4-8-19/h2-4,7-8,11-17,21H,5-6,9-10,18H2,1H3,(H,29,32). The molecular weight excluding hydrogens is 458 g/mol. The Labute approximate surface area is 208 Å². The predicted molar refractivity (Wildman–Crippen MR) is 140 cm³/mol. The maximum atomic E-state index is 13.7. The van der Waals surface area contributed by atoms with E-state index >= 15 is 0 Å². The number of carbonyl (C=O) groups excluding carboxylic acids is 1. The lowest BCUT2D eigenvalue weighted by atomic mass is 10.1. The van der Waals surface area contributed by atoms with Crippen molar-refractivity contribution in [3.63, 3.8) is 0 Å². The minimum atomic E-state index is -0.168. The fourth-order valence-electron chi connectivity index (χ4n) is 4.42. The van der Waals surface area contributed by atoms with Crippen LogP contribution in [0.2, 0.25) is 0 Å². The van der Waals surface area contributed by atoms with Crippen LogP contribution in [0.4, 0.5) is 0 Å². The van der Waals surface area contributed by atoms with Crippen LogP contribution < -0.4 is 15.6 Å². The van der Waals surface area contributed by atoms with E-state index in [-0.39, 0.29) is 17.5 Å². The average Bonchev–Trinajstić information content (AvgIpc) is 3.41. The van der Waals surface area contributed by atoms with Crippen molar-refractivity contribution in [2.24, 2.45) is 0 Å². The smallest absolute Gasteiger partial charge is 0.266 e. The van der Waals surface area contributed by atoms with Crippen LogP contribution in [-0.2, 0) is 5.75 Å². The van der Waals surface area contributed by atoms with E-state index < -0.39 is 0 Å². The third-order valence-corrected chi connectivity index (χ3v) is 7.34. The first kappa shape index (κ1) is 23.2. The van der Waals surface area contributed by atoms with Crippen LogP contribution in [0.1, 0.15) is 41.6 Å². The fraction of sp³-hybridized carbons (Fsp3) is 0.250. The Kier molecular flexibility index (Phi) is 6.86. The molecule has 0 radical (unpaired) electrons. The summed E-state index contributed by atoms with van der Waals surface area (Å²) >= 11 is 1.49. The number of ether oxygens (including phenoxy) is 1. The van der Waals surface area contributed by atoms with Gasteiger partial charge in [-0.05, 0) is 60.9 Å². The van der Waals surface area contributed by atoms with Crippen LogP contribution in [0.3, 0.4) is 0 Å². The topological polar surface area (TPSA) is 73.2 Å². The van der Waals surface area contributed by atoms with Crippen LogP contribution in [0.25, 0.3) is 16.6 Å². The molecule has 1 aliphatic carbocycles. The van der Waals surface area contributed by atoms with Crippen molar-refractivity contribution in [3.8, 4) is 11.4 Å². The number of carbonyl (C=O) groups is 1. The predicted octanol–water partition coefficient (Wildman–Crippen LogP) is 5.36. The van der Waals surface area contributed by atoms with Gasteiger partial charge in [0.05, 0.1) is 23.7 Å². The van der Waals surface area contributed by atoms with Crippen LogP contribution >= 0.6 is 11.8 Å². The molecule has 178 valence electrons. The Balaban J connectivity index is 1.55. The van der Waals surface area contributed by atoms with Gasteiger partial charge in [-0.25, -0.2) is 4.98 Å². The molecular formula is C28H27N3O3S. The molecule has 0 spiro atoms. The molecule has 5 rings (SSSR count). The van der Waals surface area contributed by atoms with Crippen molar-refractivity contribution >= 4 is 28.6 Å². The fourth-order valence-corrected chi connectivity index (χ4v) is 5.39. The van der Waals surface area contributed by atoms with Crippen molar-refractivity contribution in [3.05, 3.63) is 94.3 Å². The Morgan fingerprint density at radius 1 is 1.06 bits per heavy atom. The highest BCUT2D eigenvalue weighted by atomic mass is 32.2. The summed E-state index contributed by atoms with van der Waals surface area (Å²) in [5.41, 5.74) is 2.73. The summed E-state index contributed by atoms with van der Waals surface area (Å²) in [6, 6.07) is 22.8. The quantitative estimate of drug-likeness (QED) is 0.282. The normalized spacial score (nSPS) is 13.7. The maximum Gasteiger partial charge on any atom is 0.266 e. The molecule has 35 heavy (non-hydrogen) atoms. The first-order valence-electron chi connectivity index (χ1n) is 11.8. The summed E-state index contributed by atoms with van der Waals surface area (Å²) in [6.45, 7) is 0. The van der Waals surface area contributed by atoms with Gasteiger partial charge < -0.3 is 10.1 Å². The number of rotatable bonds is 7. The lowest BCUT2D eigenvalue weighted by Gasteiger charge is -2.15. The summed E-state index contributed by atoms with van der Waals surface area (Å²) in [5, 5.41) is 4.16. The number of methoxy groups -OCH3 is 1. The molecule has 3 aromatic carbocycles. The average molecular weight is 486 g/mol. The first-order chi connectivity index (χ1) is 17.1. The highest BCUT2D eigenvalue weighted by Gasteiger charge is 2.20. The molecule has 1 aliphatic rings. The van der Waals surface area contributed by atoms with Crippen molar-refractivity contribution in [1.82, 2.24) is 14.9 Å². The van der Waals surface area contributed by atoms with Crippen molar-refractivity contribution in [2.75, 3.05) is 7.11 Å². The van der Waals surface area contributed by atoms with Gasteiger partial charge in [-0.3, -0.25) is 14.2 Å². The second-order valence-electron chi connectivity index (χ2n) is 8.69. The van der Waals surface area contributed by atoms with E-state index in [1.165, 1.54) is 11.8 Å². The zero-order valence-electron chi connectivity index (χ0n) is 19.6. The summed E-state index contributed by atoms with van der Waals surface area (Å²) < 4.78 is 6.91. The SMILES string of the molecule is COc1ccc(-n2c(SCc3ccccc3)nc3cc(C(=O)NC4CCCC4)ccc3c2=O)cc1. The lowest BCUT2D eigenvalue weighted by Crippen LogP contribution is -2.32. The van der Waals surface area contributed by atoms with Gasteiger partial charge in [-0.2, -0.15) is 0 Å². The molecule has 0 saturated heterocycles. The number of nitrogens with zero attached hydrogens (tertiary/aromatic N) is 2. The highest BCUT2D eigenvalue weighted by molar-refractivity contribution is 7.98. The summed E-state index contributed by atoms with van der Waals surface area (Å²) in [5.74, 6) is 1.27. The molecule has 6 nitrogen and oxygen atoms in total. The van der Waals surface area contributed by atoms with E-state index in [4.69, 9.17) is 9.72 Å². The largest absolute Gasteiger partial charge is 0.497 e. The van der Waals surface area contributed by atoms with Crippen LogP contribution in [0.15, 0.2) is 82.7 Å². The first-order valence-corrected chi connectivity index (χ1v) is 12.8. The summed E-state index contributed by atoms with van der Waals surface area (Å²) in [4.78, 5) is 31.3. The van der Waals surface area contributed by atoms with E-state index in [0.29, 0.717) is 38.8 Å². The number of fused-ring (bicyclic) bond motifs is 1. The molecule has 0 unspecified atom stereocenters. The Morgan fingerprint density at radius 3 is 2.51 bits per heavy atom. The van der Waals surface area contributed by atoms with E-state index in [2.05, 4.69) is 17.4 Å². The Morgan fingerprint density at radius 2 is 1.80 bits per heavy atom. The lowest BCUT2D eigenvalue weighted by molar-refractivity contribution is 0.0938. The van der Waals surface area contributed by atoms with Crippen molar-refractivity contribution < 1.29 is 9.53 Å². The number of amides is 1. The molecule has 1 amide bonds. The second kappa shape index (κ2) is 10.4. The van der Waals surface area contributed by atoms with E-state index in [1.54, 1.807) is 29.9 Å². The van der Waals surface area contributed by atoms with Crippen LogP contribution in [0.5, 0.6) is 5.75 Å². The monoisotopic (exact) mass is 485 g/mol. The van der Waals surface area contributed by atoms with Gasteiger partial charge in [0.2, 0.25) is 0 Å². The van der Waals surface area contributed by atoms with E-state index in [9.17, 15) is 9.59 Å². The van der Waals surface area contributed by atoms with Gasteiger partial charge >= 0.3 is 0 Å². The molecule has 1 aromatic heterocycles. The number of benzene rings is 3. The van der Waals surface area contributed by atoms with Crippen molar-refractivity contribution in [2.45, 2.75) is 42.6 Å². The van der Waals surface area contributed by atoms with E-state index in [0.717, 1.165) is 31.2 Å². The minimum Gasteiger partial charge on any atom is -0.497 e. The molecule has 7 heteroatoms. The van der Waals surface area contributed by atoms with Gasteiger partial charge in [0.15, 0.2) is 5.16 Å². The Hall–Kier alpha value is -3.58. The molecule has 1 fully saturated rings. The molecule has 4 aromatic rings. The molecule has 1 N–H and O–H groups in total. The molecule has 0 aliphatic heterocycles. The number of aromatic nitrogens is 2. The van der Waals surface area contributed by atoms with Gasteiger partial charge in [-0.1, -0.05) is 54.9 Å². The van der Waals surface area contributed by atoms with Gasteiger partial charge in [0, 0.05) is 17.4 Å². The third-order valence-electron chi connectivity index (χ3n) is 6.33. The molecule has 0 bridgehead atoms. The van der Waals surface area contributed by atoms with Crippen molar-refractivity contribution in [1.29, 1.82) is 0 Å². The second-order valence-corrected chi connectivity index (χ2v) is 9.64. The number of hydrogen-bond acceptors (Lipinski definition) is 5. The van der Waals surface area contributed by atoms with Gasteiger partial charge in [0.1, 0.15) is 5.75 Å². The zero-order valence-corrected chi connectivity index (χ0v) is 20.4. The summed E-state index contributed by atoms with van der Waals surface area (Å²) in [7, 11) is 1.61. The van der Waals surface area contributed by atoms with Gasteiger partial charge in [-0.15, -0.1) is 0 Å². The minimum absolute atomic E-state index is 0.113. The molecule has 0 atom stereocenters. The summed E-state index contributed by atoms with van der Waals surface area (Å²) in [6.07, 6.45) is 4.34. The number of hydrogen-bond donors (Lipinski definition) is 1.